The minimum atomic E-state index is -0.543. The number of carbonyl (C=O) groups excluding carboxylic acids is 1. The zero-order valence-electron chi connectivity index (χ0n) is 16.1. The lowest BCUT2D eigenvalue weighted by Gasteiger charge is -2.14. The fourth-order valence-corrected chi connectivity index (χ4v) is 2.96. The van der Waals surface area contributed by atoms with Crippen LogP contribution in [0.15, 0.2) is 41.2 Å². The summed E-state index contributed by atoms with van der Waals surface area (Å²) in [6, 6.07) is 9.16. The minimum Gasteiger partial charge on any atom is -0.322 e. The molecule has 7 nitrogen and oxygen atoms in total. The second-order valence-corrected chi connectivity index (χ2v) is 6.59. The van der Waals surface area contributed by atoms with E-state index in [1.807, 2.05) is 26.8 Å². The number of hydrogen-bond acceptors (Lipinski definition) is 4. The van der Waals surface area contributed by atoms with Crippen LogP contribution in [0, 0.1) is 19.7 Å². The Labute approximate surface area is 161 Å². The van der Waals surface area contributed by atoms with Gasteiger partial charge in [-0.3, -0.25) is 14.2 Å². The molecule has 0 aliphatic rings. The van der Waals surface area contributed by atoms with Crippen LogP contribution in [0.4, 0.5) is 10.1 Å². The Hall–Kier alpha value is -3.29. The number of rotatable bonds is 6. The quantitative estimate of drug-likeness (QED) is 0.710. The summed E-state index contributed by atoms with van der Waals surface area (Å²) in [4.78, 5) is 29.7. The van der Waals surface area contributed by atoms with Crippen molar-refractivity contribution in [1.82, 2.24) is 19.3 Å². The highest BCUT2D eigenvalue weighted by atomic mass is 19.1. The second-order valence-electron chi connectivity index (χ2n) is 6.59. The van der Waals surface area contributed by atoms with Gasteiger partial charge < -0.3 is 5.32 Å². The number of amides is 1. The van der Waals surface area contributed by atoms with Crippen LogP contribution in [-0.2, 0) is 17.8 Å². The molecule has 0 fully saturated rings. The molecule has 8 heteroatoms. The topological polar surface area (TPSA) is 81.8 Å². The van der Waals surface area contributed by atoms with Crippen molar-refractivity contribution in [2.75, 3.05) is 5.32 Å². The van der Waals surface area contributed by atoms with Gasteiger partial charge in [-0.2, -0.15) is 5.10 Å². The minimum absolute atomic E-state index is 0.0591. The van der Waals surface area contributed by atoms with Crippen molar-refractivity contribution < 1.29 is 9.18 Å². The average molecular weight is 383 g/mol. The molecule has 28 heavy (non-hydrogen) atoms. The molecule has 146 valence electrons. The molecule has 2 aromatic heterocycles. The molecule has 0 radical (unpaired) electrons. The Morgan fingerprint density at radius 2 is 1.96 bits per heavy atom. The van der Waals surface area contributed by atoms with Crippen LogP contribution in [0.5, 0.6) is 0 Å². The highest BCUT2D eigenvalue weighted by Crippen LogP contribution is 2.14. The van der Waals surface area contributed by atoms with Gasteiger partial charge in [0, 0.05) is 17.5 Å². The number of anilines is 1. The summed E-state index contributed by atoms with van der Waals surface area (Å²) < 4.78 is 16.6. The number of hydrogen-bond donors (Lipinski definition) is 1. The van der Waals surface area contributed by atoms with E-state index in [0.29, 0.717) is 12.1 Å². The molecule has 0 spiro atoms. The fourth-order valence-electron chi connectivity index (χ4n) is 2.96. The van der Waals surface area contributed by atoms with E-state index in [-0.39, 0.29) is 23.7 Å². The normalized spacial score (nSPS) is 10.9. The predicted molar refractivity (Wildman–Crippen MR) is 104 cm³/mol. The van der Waals surface area contributed by atoms with Gasteiger partial charge >= 0.3 is 0 Å². The van der Waals surface area contributed by atoms with Gasteiger partial charge in [0.15, 0.2) is 0 Å². The molecule has 0 unspecified atom stereocenters. The Balaban J connectivity index is 1.99. The standard InChI is InChI=1S/C20H22FN5O2/c1-4-7-15-11-19(28)25(20(22-15)26-14(3)10-13(2)24-26)12-18(27)23-17-9-6-5-8-16(17)21/h5-6,8-11H,4,7,12H2,1-3H3,(H,23,27). The van der Waals surface area contributed by atoms with Crippen LogP contribution in [0.2, 0.25) is 0 Å². The molecule has 1 aromatic carbocycles. The van der Waals surface area contributed by atoms with Crippen molar-refractivity contribution >= 4 is 11.6 Å². The molecular formula is C20H22FN5O2. The highest BCUT2D eigenvalue weighted by molar-refractivity contribution is 5.90. The predicted octanol–water partition coefficient (Wildman–Crippen LogP) is 2.78. The van der Waals surface area contributed by atoms with Crippen LogP contribution in [0.3, 0.4) is 0 Å². The number of halogens is 1. The summed E-state index contributed by atoms with van der Waals surface area (Å²) in [5.41, 5.74) is 1.91. The molecule has 1 N–H and O–H groups in total. The third-order valence-corrected chi connectivity index (χ3v) is 4.20. The van der Waals surface area contributed by atoms with Crippen molar-refractivity contribution in [2.45, 2.75) is 40.2 Å². The van der Waals surface area contributed by atoms with E-state index in [2.05, 4.69) is 15.4 Å². The van der Waals surface area contributed by atoms with Crippen LogP contribution in [0.25, 0.3) is 5.95 Å². The van der Waals surface area contributed by atoms with Gasteiger partial charge in [0.2, 0.25) is 11.9 Å². The summed E-state index contributed by atoms with van der Waals surface area (Å²) >= 11 is 0. The molecule has 1 amide bonds. The highest BCUT2D eigenvalue weighted by Gasteiger charge is 2.17. The number of aryl methyl sites for hydroxylation is 3. The third kappa shape index (κ3) is 4.16. The summed E-state index contributed by atoms with van der Waals surface area (Å²) in [7, 11) is 0. The number of nitrogens with one attached hydrogen (secondary N) is 1. The molecule has 0 aliphatic carbocycles. The van der Waals surface area contributed by atoms with Crippen molar-refractivity contribution in [1.29, 1.82) is 0 Å². The van der Waals surface area contributed by atoms with Crippen molar-refractivity contribution in [3.05, 3.63) is 69.7 Å². The van der Waals surface area contributed by atoms with Crippen molar-refractivity contribution in [2.24, 2.45) is 0 Å². The van der Waals surface area contributed by atoms with Gasteiger partial charge in [0.1, 0.15) is 12.4 Å². The maximum Gasteiger partial charge on any atom is 0.255 e. The number of benzene rings is 1. The first-order valence-electron chi connectivity index (χ1n) is 9.07. The Morgan fingerprint density at radius 1 is 1.21 bits per heavy atom. The Kier molecular flexibility index (Phi) is 5.67. The first-order chi connectivity index (χ1) is 13.4. The van der Waals surface area contributed by atoms with Crippen molar-refractivity contribution in [3.63, 3.8) is 0 Å². The number of para-hydroxylation sites is 1. The van der Waals surface area contributed by atoms with Crippen LogP contribution in [-0.4, -0.2) is 25.2 Å². The van der Waals surface area contributed by atoms with Gasteiger partial charge in [-0.25, -0.2) is 14.1 Å². The van der Waals surface area contributed by atoms with Gasteiger partial charge in [0.05, 0.1) is 11.4 Å². The van der Waals surface area contributed by atoms with Gasteiger partial charge in [-0.05, 0) is 38.5 Å². The fraction of sp³-hybridized carbons (Fsp3) is 0.300. The largest absolute Gasteiger partial charge is 0.322 e. The summed E-state index contributed by atoms with van der Waals surface area (Å²) in [6.45, 7) is 5.38. The van der Waals surface area contributed by atoms with Gasteiger partial charge in [-0.1, -0.05) is 25.5 Å². The van der Waals surface area contributed by atoms with Crippen molar-refractivity contribution in [3.8, 4) is 5.95 Å². The smallest absolute Gasteiger partial charge is 0.255 e. The average Bonchev–Trinajstić information content (AvgIpc) is 2.97. The Bertz CT molecular complexity index is 1070. The number of nitrogens with zero attached hydrogens (tertiary/aromatic N) is 4. The molecule has 2 heterocycles. The van der Waals surface area contributed by atoms with E-state index in [4.69, 9.17) is 0 Å². The lowest BCUT2D eigenvalue weighted by Crippen LogP contribution is -2.32. The third-order valence-electron chi connectivity index (χ3n) is 4.20. The summed E-state index contributed by atoms with van der Waals surface area (Å²) in [5.74, 6) is -0.802. The molecule has 0 saturated heterocycles. The first-order valence-corrected chi connectivity index (χ1v) is 9.07. The molecule has 3 aromatic rings. The zero-order valence-corrected chi connectivity index (χ0v) is 16.1. The molecule has 0 atom stereocenters. The van der Waals surface area contributed by atoms with E-state index >= 15 is 0 Å². The second kappa shape index (κ2) is 8.16. The molecule has 0 bridgehead atoms. The van der Waals surface area contributed by atoms with E-state index in [9.17, 15) is 14.0 Å². The molecule has 0 saturated carbocycles. The molecular weight excluding hydrogens is 361 g/mol. The number of aromatic nitrogens is 4. The molecule has 0 aliphatic heterocycles. The zero-order chi connectivity index (χ0) is 20.3. The van der Waals surface area contributed by atoms with E-state index in [0.717, 1.165) is 17.8 Å². The van der Waals surface area contributed by atoms with Crippen LogP contribution >= 0.6 is 0 Å². The molecule has 3 rings (SSSR count). The van der Waals surface area contributed by atoms with E-state index in [1.54, 1.807) is 10.7 Å². The monoisotopic (exact) mass is 383 g/mol. The maximum atomic E-state index is 13.8. The summed E-state index contributed by atoms with van der Waals surface area (Å²) in [5, 5.41) is 6.88. The summed E-state index contributed by atoms with van der Waals surface area (Å²) in [6.07, 6.45) is 1.48. The lowest BCUT2D eigenvalue weighted by atomic mass is 10.2. The van der Waals surface area contributed by atoms with E-state index < -0.39 is 11.7 Å². The van der Waals surface area contributed by atoms with Gasteiger partial charge in [-0.15, -0.1) is 0 Å². The lowest BCUT2D eigenvalue weighted by molar-refractivity contribution is -0.116. The number of carbonyl (C=O) groups is 1. The Morgan fingerprint density at radius 3 is 2.61 bits per heavy atom. The van der Waals surface area contributed by atoms with E-state index in [1.165, 1.54) is 28.8 Å². The van der Waals surface area contributed by atoms with Crippen LogP contribution in [0.1, 0.15) is 30.4 Å². The SMILES string of the molecule is CCCc1cc(=O)n(CC(=O)Nc2ccccc2F)c(-n2nc(C)cc2C)n1. The first kappa shape index (κ1) is 19.5. The van der Waals surface area contributed by atoms with Gasteiger partial charge in [0.25, 0.3) is 5.56 Å². The maximum absolute atomic E-state index is 13.8. The van der Waals surface area contributed by atoms with Crippen LogP contribution < -0.4 is 10.9 Å².